The highest BCUT2D eigenvalue weighted by Crippen LogP contribution is 2.39. The van der Waals surface area contributed by atoms with Gasteiger partial charge in [0.15, 0.2) is 14.1 Å². The molecule has 2 atom stereocenters. The van der Waals surface area contributed by atoms with Crippen LogP contribution in [0.15, 0.2) is 12.2 Å². The molecule has 0 bridgehead atoms. The Bertz CT molecular complexity index is 738. The number of carbonyl (C=O) groups excluding carboxylic acids is 3. The molecule has 10 heteroatoms. The van der Waals surface area contributed by atoms with Crippen molar-refractivity contribution in [2.45, 2.75) is 109 Å². The number of nitrogens with one attached hydrogen (secondary N) is 1. The van der Waals surface area contributed by atoms with Gasteiger partial charge in [0.1, 0.15) is 0 Å². The number of hydrogen-bond acceptors (Lipinski definition) is 7. The maximum absolute atomic E-state index is 12.9. The van der Waals surface area contributed by atoms with E-state index < -0.39 is 40.5 Å². The summed E-state index contributed by atoms with van der Waals surface area (Å²) in [5.41, 5.74) is 4.39. The monoisotopic (exact) mass is 502 g/mol. The quantitative estimate of drug-likeness (QED) is 0.189. The van der Waals surface area contributed by atoms with E-state index in [0.29, 0.717) is 6.42 Å². The summed E-state index contributed by atoms with van der Waals surface area (Å²) in [6.07, 6.45) is 1.66. The zero-order valence-electron chi connectivity index (χ0n) is 22.7. The lowest BCUT2D eigenvalue weighted by Crippen LogP contribution is -2.71. The van der Waals surface area contributed by atoms with E-state index in [1.165, 1.54) is 13.2 Å². The first-order valence-electron chi connectivity index (χ1n) is 11.4. The van der Waals surface area contributed by atoms with Crippen LogP contribution in [0, 0.1) is 0 Å². The van der Waals surface area contributed by atoms with Crippen LogP contribution in [-0.4, -0.2) is 53.4 Å². The van der Waals surface area contributed by atoms with Gasteiger partial charge in [-0.1, -0.05) is 54.5 Å². The fourth-order valence-electron chi connectivity index (χ4n) is 2.34. The van der Waals surface area contributed by atoms with Crippen molar-refractivity contribution >= 4 is 34.5 Å². The normalized spacial score (nSPS) is 16.2. The Kier molecular flexibility index (Phi) is 10.8. The highest BCUT2D eigenvalue weighted by molar-refractivity contribution is 6.75. The number of ketones is 1. The molecular weight excluding hydrogens is 456 g/mol. The number of nitrogens with two attached hydrogens (primary N) is 1. The molecule has 0 radical (unpaired) electrons. The van der Waals surface area contributed by atoms with Gasteiger partial charge in [0.25, 0.3) is 8.32 Å². The predicted octanol–water partition coefficient (Wildman–Crippen LogP) is 4.86. The maximum atomic E-state index is 12.9. The number of methoxy groups -OCH3 is 1. The van der Waals surface area contributed by atoms with Crippen LogP contribution in [0.3, 0.4) is 0 Å². The van der Waals surface area contributed by atoms with Crippen LogP contribution in [0.25, 0.3) is 0 Å². The van der Waals surface area contributed by atoms with E-state index in [0.717, 1.165) is 0 Å². The lowest BCUT2D eigenvalue weighted by atomic mass is 9.98. The Morgan fingerprint density at radius 1 is 0.970 bits per heavy atom. The molecular formula is C23H46N2O6Si2. The molecule has 0 aliphatic carbocycles. The van der Waals surface area contributed by atoms with Crippen molar-refractivity contribution in [2.24, 2.45) is 5.73 Å². The molecule has 0 aliphatic heterocycles. The van der Waals surface area contributed by atoms with Crippen molar-refractivity contribution in [1.29, 1.82) is 0 Å². The van der Waals surface area contributed by atoms with E-state index in [4.69, 9.17) is 19.3 Å². The summed E-state index contributed by atoms with van der Waals surface area (Å²) in [6, 6.07) is 0. The van der Waals surface area contributed by atoms with Gasteiger partial charge in [-0.3, -0.25) is 15.8 Å². The standard InChI is InChI=1S/C23H46N2O6Si2/c1-13-14-15-17(26)16-18(30-32(9,10)21(2,3)4)23(24,19(27)29-8)25-20(28)31-33(11,12)22(5,6)7/h14-15,18H,13,16,24H2,1-12H3,(H,25,28)/t18-,23+/m1/s1. The summed E-state index contributed by atoms with van der Waals surface area (Å²) in [5, 5.41) is 2.03. The Balaban J connectivity index is 6.31. The van der Waals surface area contributed by atoms with Crippen molar-refractivity contribution < 1.29 is 28.0 Å². The molecule has 8 nitrogen and oxygen atoms in total. The second-order valence-electron chi connectivity index (χ2n) is 11.5. The van der Waals surface area contributed by atoms with Crippen LogP contribution in [0.1, 0.15) is 61.3 Å². The summed E-state index contributed by atoms with van der Waals surface area (Å²) in [6.45, 7) is 21.8. The van der Waals surface area contributed by atoms with Gasteiger partial charge in [0.2, 0.25) is 5.66 Å². The second kappa shape index (κ2) is 11.3. The summed E-state index contributed by atoms with van der Waals surface area (Å²) < 4.78 is 17.1. The van der Waals surface area contributed by atoms with Crippen LogP contribution in [0.4, 0.5) is 4.79 Å². The van der Waals surface area contributed by atoms with Gasteiger partial charge in [-0.2, -0.15) is 0 Å². The molecule has 1 amide bonds. The third-order valence-electron chi connectivity index (χ3n) is 6.66. The third-order valence-corrected chi connectivity index (χ3v) is 15.5. The molecule has 0 spiro atoms. The molecule has 0 saturated heterocycles. The lowest BCUT2D eigenvalue weighted by Gasteiger charge is -2.44. The van der Waals surface area contributed by atoms with E-state index in [1.807, 2.05) is 74.7 Å². The van der Waals surface area contributed by atoms with Crippen LogP contribution < -0.4 is 11.1 Å². The number of allylic oxidation sites excluding steroid dienone is 2. The number of rotatable bonds is 10. The Morgan fingerprint density at radius 3 is 1.85 bits per heavy atom. The van der Waals surface area contributed by atoms with Crippen molar-refractivity contribution in [3.8, 4) is 0 Å². The minimum absolute atomic E-state index is 0.199. The van der Waals surface area contributed by atoms with Gasteiger partial charge in [0.05, 0.1) is 13.2 Å². The zero-order valence-corrected chi connectivity index (χ0v) is 24.7. The van der Waals surface area contributed by atoms with E-state index in [1.54, 1.807) is 6.08 Å². The molecule has 0 aromatic carbocycles. The number of hydrogen-bond donors (Lipinski definition) is 2. The minimum atomic E-state index is -2.51. The summed E-state index contributed by atoms with van der Waals surface area (Å²) in [5.74, 6) is -1.18. The summed E-state index contributed by atoms with van der Waals surface area (Å²) >= 11 is 0. The van der Waals surface area contributed by atoms with Crippen LogP contribution in [0.2, 0.25) is 36.3 Å². The second-order valence-corrected chi connectivity index (χ2v) is 21.0. The smallest absolute Gasteiger partial charge is 0.395 e. The average Bonchev–Trinajstić information content (AvgIpc) is 2.62. The Labute approximate surface area is 202 Å². The van der Waals surface area contributed by atoms with Gasteiger partial charge >= 0.3 is 12.1 Å². The van der Waals surface area contributed by atoms with Crippen LogP contribution in [0.5, 0.6) is 0 Å². The topological polar surface area (TPSA) is 117 Å². The molecule has 0 heterocycles. The largest absolute Gasteiger partial charge is 0.504 e. The highest BCUT2D eigenvalue weighted by Gasteiger charge is 2.52. The van der Waals surface area contributed by atoms with Gasteiger partial charge < -0.3 is 13.6 Å². The van der Waals surface area contributed by atoms with Crippen LogP contribution in [-0.2, 0) is 23.2 Å². The molecule has 0 unspecified atom stereocenters. The first kappa shape index (κ1) is 31.5. The molecule has 0 rings (SSSR count). The molecule has 0 fully saturated rings. The van der Waals surface area contributed by atoms with Crippen molar-refractivity contribution in [3.05, 3.63) is 12.2 Å². The summed E-state index contributed by atoms with van der Waals surface area (Å²) in [7, 11) is -3.84. The fraction of sp³-hybridized carbons (Fsp3) is 0.783. The SMILES string of the molecule is CCC=CC(=O)C[C@@H](O[Si](C)(C)C(C)(C)C)[C@](N)(NC(=O)O[Si](C)(C)C(C)(C)C)C(=O)OC. The third kappa shape index (κ3) is 8.66. The van der Waals surface area contributed by atoms with E-state index in [9.17, 15) is 14.4 Å². The molecule has 0 saturated carbocycles. The maximum Gasteiger partial charge on any atom is 0.395 e. The average molecular weight is 503 g/mol. The van der Waals surface area contributed by atoms with Crippen LogP contribution >= 0.6 is 0 Å². The number of carbonyl (C=O) groups is 3. The Morgan fingerprint density at radius 2 is 1.45 bits per heavy atom. The van der Waals surface area contributed by atoms with E-state index in [2.05, 4.69) is 5.32 Å². The molecule has 0 aliphatic rings. The Hall–Kier alpha value is -1.50. The first-order valence-corrected chi connectivity index (χ1v) is 17.2. The zero-order chi connectivity index (χ0) is 26.5. The molecule has 192 valence electrons. The summed E-state index contributed by atoms with van der Waals surface area (Å²) in [4.78, 5) is 38.5. The van der Waals surface area contributed by atoms with Gasteiger partial charge in [-0.05, 0) is 48.8 Å². The molecule has 0 aromatic heterocycles. The van der Waals surface area contributed by atoms with Crippen molar-refractivity contribution in [3.63, 3.8) is 0 Å². The number of ether oxygens (including phenoxy) is 1. The first-order chi connectivity index (χ1) is 14.6. The fourth-order valence-corrected chi connectivity index (χ4v) is 4.49. The van der Waals surface area contributed by atoms with Crippen molar-refractivity contribution in [1.82, 2.24) is 5.32 Å². The van der Waals surface area contributed by atoms with Gasteiger partial charge in [-0.15, -0.1) is 0 Å². The minimum Gasteiger partial charge on any atom is -0.504 e. The number of amides is 1. The van der Waals surface area contributed by atoms with Gasteiger partial charge in [0, 0.05) is 6.42 Å². The van der Waals surface area contributed by atoms with E-state index >= 15 is 0 Å². The predicted molar refractivity (Wildman–Crippen MR) is 137 cm³/mol. The molecule has 33 heavy (non-hydrogen) atoms. The van der Waals surface area contributed by atoms with Gasteiger partial charge in [-0.25, -0.2) is 9.59 Å². The van der Waals surface area contributed by atoms with Crippen molar-refractivity contribution in [2.75, 3.05) is 7.11 Å². The van der Waals surface area contributed by atoms with E-state index in [-0.39, 0.29) is 22.3 Å². The number of esters is 1. The molecule has 0 aromatic rings. The molecule has 3 N–H and O–H groups in total. The lowest BCUT2D eigenvalue weighted by molar-refractivity contribution is -0.153. The highest BCUT2D eigenvalue weighted by atomic mass is 28.4.